The van der Waals surface area contributed by atoms with E-state index in [0.29, 0.717) is 5.82 Å². The standard InChI is InChI=1S/C10H14N2O2/c1-6-4-11-9(12-5-6)7(2)8(3)10(13)14/h4-5,7-8H,1-3H3,(H,13,14)/t7-,8-/m0/s1. The van der Waals surface area contributed by atoms with Gasteiger partial charge in [0.2, 0.25) is 0 Å². The van der Waals surface area contributed by atoms with Gasteiger partial charge in [0.05, 0.1) is 5.92 Å². The van der Waals surface area contributed by atoms with Crippen LogP contribution in [0.2, 0.25) is 0 Å². The van der Waals surface area contributed by atoms with E-state index in [1.807, 2.05) is 13.8 Å². The van der Waals surface area contributed by atoms with E-state index < -0.39 is 11.9 Å². The number of hydrogen-bond donors (Lipinski definition) is 1. The van der Waals surface area contributed by atoms with Gasteiger partial charge in [0.25, 0.3) is 0 Å². The maximum atomic E-state index is 10.7. The number of aromatic nitrogens is 2. The summed E-state index contributed by atoms with van der Waals surface area (Å²) in [6, 6.07) is 0. The highest BCUT2D eigenvalue weighted by atomic mass is 16.4. The Morgan fingerprint density at radius 3 is 2.29 bits per heavy atom. The number of rotatable bonds is 3. The third kappa shape index (κ3) is 2.28. The minimum atomic E-state index is -0.818. The molecule has 1 aromatic heterocycles. The van der Waals surface area contributed by atoms with Gasteiger partial charge in [-0.15, -0.1) is 0 Å². The van der Waals surface area contributed by atoms with Gasteiger partial charge < -0.3 is 5.11 Å². The second-order valence-electron chi connectivity index (χ2n) is 3.53. The third-order valence-electron chi connectivity index (χ3n) is 2.35. The fraction of sp³-hybridized carbons (Fsp3) is 0.500. The highest BCUT2D eigenvalue weighted by molar-refractivity contribution is 5.70. The molecule has 0 amide bonds. The molecular weight excluding hydrogens is 180 g/mol. The number of carboxylic acids is 1. The molecular formula is C10H14N2O2. The van der Waals surface area contributed by atoms with Crippen LogP contribution >= 0.6 is 0 Å². The van der Waals surface area contributed by atoms with Crippen LogP contribution in [0.15, 0.2) is 12.4 Å². The second-order valence-corrected chi connectivity index (χ2v) is 3.53. The van der Waals surface area contributed by atoms with Crippen LogP contribution in [-0.2, 0) is 4.79 Å². The normalized spacial score (nSPS) is 14.8. The van der Waals surface area contributed by atoms with E-state index in [2.05, 4.69) is 9.97 Å². The van der Waals surface area contributed by atoms with Crippen LogP contribution in [0.4, 0.5) is 0 Å². The van der Waals surface area contributed by atoms with Gasteiger partial charge in [0.15, 0.2) is 0 Å². The maximum absolute atomic E-state index is 10.7. The molecule has 0 aliphatic carbocycles. The molecule has 1 aromatic rings. The van der Waals surface area contributed by atoms with Crippen LogP contribution in [0.1, 0.15) is 31.2 Å². The van der Waals surface area contributed by atoms with Crippen LogP contribution in [-0.4, -0.2) is 21.0 Å². The summed E-state index contributed by atoms with van der Waals surface area (Å²) >= 11 is 0. The highest BCUT2D eigenvalue weighted by Crippen LogP contribution is 2.20. The number of carboxylic acid groups (broad SMARTS) is 1. The summed E-state index contributed by atoms with van der Waals surface area (Å²) in [6.45, 7) is 5.38. The number of aliphatic carboxylic acids is 1. The average Bonchev–Trinajstić information content (AvgIpc) is 2.16. The van der Waals surface area contributed by atoms with E-state index in [4.69, 9.17) is 5.11 Å². The molecule has 4 nitrogen and oxygen atoms in total. The molecule has 0 unspecified atom stereocenters. The fourth-order valence-electron chi connectivity index (χ4n) is 1.08. The van der Waals surface area contributed by atoms with E-state index in [0.717, 1.165) is 5.56 Å². The lowest BCUT2D eigenvalue weighted by molar-refractivity contribution is -0.141. The Bertz CT molecular complexity index is 321. The summed E-state index contributed by atoms with van der Waals surface area (Å²) < 4.78 is 0. The van der Waals surface area contributed by atoms with Crippen molar-refractivity contribution >= 4 is 5.97 Å². The summed E-state index contributed by atoms with van der Waals surface area (Å²) in [7, 11) is 0. The molecule has 76 valence electrons. The molecule has 1 heterocycles. The van der Waals surface area contributed by atoms with Gasteiger partial charge in [-0.05, 0) is 12.5 Å². The van der Waals surface area contributed by atoms with Crippen molar-refractivity contribution in [3.05, 3.63) is 23.8 Å². The lowest BCUT2D eigenvalue weighted by Crippen LogP contribution is -2.18. The first-order chi connectivity index (χ1) is 6.52. The number of aryl methyl sites for hydroxylation is 1. The van der Waals surface area contributed by atoms with Crippen molar-refractivity contribution in [1.29, 1.82) is 0 Å². The minimum Gasteiger partial charge on any atom is -0.481 e. The molecule has 4 heteroatoms. The zero-order valence-electron chi connectivity index (χ0n) is 8.56. The van der Waals surface area contributed by atoms with Crippen molar-refractivity contribution in [2.75, 3.05) is 0 Å². The molecule has 0 saturated heterocycles. The summed E-state index contributed by atoms with van der Waals surface area (Å²) in [4.78, 5) is 18.9. The van der Waals surface area contributed by atoms with E-state index in [-0.39, 0.29) is 5.92 Å². The van der Waals surface area contributed by atoms with Crippen LogP contribution in [0, 0.1) is 12.8 Å². The summed E-state index contributed by atoms with van der Waals surface area (Å²) in [6.07, 6.45) is 3.40. The first-order valence-electron chi connectivity index (χ1n) is 4.53. The molecule has 0 saturated carbocycles. The first-order valence-corrected chi connectivity index (χ1v) is 4.53. The van der Waals surface area contributed by atoms with Gasteiger partial charge in [-0.3, -0.25) is 4.79 Å². The van der Waals surface area contributed by atoms with Gasteiger partial charge in [-0.25, -0.2) is 9.97 Å². The van der Waals surface area contributed by atoms with Crippen LogP contribution in [0.5, 0.6) is 0 Å². The lowest BCUT2D eigenvalue weighted by Gasteiger charge is -2.13. The highest BCUT2D eigenvalue weighted by Gasteiger charge is 2.22. The predicted octanol–water partition coefficient (Wildman–Crippen LogP) is 1.61. The number of hydrogen-bond acceptors (Lipinski definition) is 3. The smallest absolute Gasteiger partial charge is 0.306 e. The quantitative estimate of drug-likeness (QED) is 0.794. The molecule has 14 heavy (non-hydrogen) atoms. The van der Waals surface area contributed by atoms with Gasteiger partial charge in [0, 0.05) is 18.3 Å². The van der Waals surface area contributed by atoms with E-state index in [1.54, 1.807) is 19.3 Å². The molecule has 1 N–H and O–H groups in total. The molecule has 1 rings (SSSR count). The summed E-state index contributed by atoms with van der Waals surface area (Å²) in [5.74, 6) is -0.849. The topological polar surface area (TPSA) is 63.1 Å². The maximum Gasteiger partial charge on any atom is 0.306 e. The van der Waals surface area contributed by atoms with Gasteiger partial charge in [-0.2, -0.15) is 0 Å². The largest absolute Gasteiger partial charge is 0.481 e. The Labute approximate surface area is 83.0 Å². The lowest BCUT2D eigenvalue weighted by atomic mass is 9.95. The molecule has 0 spiro atoms. The van der Waals surface area contributed by atoms with Crippen molar-refractivity contribution in [2.45, 2.75) is 26.7 Å². The van der Waals surface area contributed by atoms with E-state index in [1.165, 1.54) is 0 Å². The molecule has 0 aromatic carbocycles. The van der Waals surface area contributed by atoms with Crippen molar-refractivity contribution in [3.63, 3.8) is 0 Å². The Morgan fingerprint density at radius 1 is 1.36 bits per heavy atom. The van der Waals surface area contributed by atoms with Crippen molar-refractivity contribution in [1.82, 2.24) is 9.97 Å². The zero-order valence-corrected chi connectivity index (χ0v) is 8.56. The molecule has 0 aliphatic heterocycles. The Balaban J connectivity index is 2.84. The SMILES string of the molecule is Cc1cnc([C@@H](C)[C@H](C)C(=O)O)nc1. The van der Waals surface area contributed by atoms with Crippen molar-refractivity contribution in [2.24, 2.45) is 5.92 Å². The molecule has 0 bridgehead atoms. The Kier molecular flexibility index (Phi) is 3.17. The number of carbonyl (C=O) groups is 1. The van der Waals surface area contributed by atoms with Crippen LogP contribution < -0.4 is 0 Å². The van der Waals surface area contributed by atoms with Gasteiger partial charge in [-0.1, -0.05) is 13.8 Å². The first kappa shape index (κ1) is 10.6. The summed E-state index contributed by atoms with van der Waals surface area (Å²) in [5, 5.41) is 8.81. The van der Waals surface area contributed by atoms with Crippen molar-refractivity contribution in [3.8, 4) is 0 Å². The predicted molar refractivity (Wildman–Crippen MR) is 52.0 cm³/mol. The monoisotopic (exact) mass is 194 g/mol. The van der Waals surface area contributed by atoms with Gasteiger partial charge in [0.1, 0.15) is 5.82 Å². The fourth-order valence-corrected chi connectivity index (χ4v) is 1.08. The second kappa shape index (κ2) is 4.17. The Hall–Kier alpha value is -1.45. The average molecular weight is 194 g/mol. The van der Waals surface area contributed by atoms with Gasteiger partial charge >= 0.3 is 5.97 Å². The molecule has 0 aliphatic rings. The number of nitrogens with zero attached hydrogens (tertiary/aromatic N) is 2. The van der Waals surface area contributed by atoms with Crippen molar-refractivity contribution < 1.29 is 9.90 Å². The van der Waals surface area contributed by atoms with Crippen LogP contribution in [0.3, 0.4) is 0 Å². The minimum absolute atomic E-state index is 0.159. The zero-order chi connectivity index (χ0) is 10.7. The summed E-state index contributed by atoms with van der Waals surface area (Å²) in [5.41, 5.74) is 0.976. The van der Waals surface area contributed by atoms with Crippen LogP contribution in [0.25, 0.3) is 0 Å². The molecule has 2 atom stereocenters. The van der Waals surface area contributed by atoms with E-state index in [9.17, 15) is 4.79 Å². The molecule has 0 radical (unpaired) electrons. The Morgan fingerprint density at radius 2 is 1.86 bits per heavy atom. The third-order valence-corrected chi connectivity index (χ3v) is 2.35. The van der Waals surface area contributed by atoms with E-state index >= 15 is 0 Å². The molecule has 0 fully saturated rings.